The van der Waals surface area contributed by atoms with Gasteiger partial charge in [-0.1, -0.05) is 25.0 Å². The van der Waals surface area contributed by atoms with Crippen molar-refractivity contribution in [3.63, 3.8) is 0 Å². The average Bonchev–Trinajstić information content (AvgIpc) is 2.87. The number of H-pyrrole nitrogens is 1. The van der Waals surface area contributed by atoms with Crippen LogP contribution in [0.1, 0.15) is 31.5 Å². The van der Waals surface area contributed by atoms with E-state index in [0.29, 0.717) is 25.2 Å². The number of benzene rings is 1. The van der Waals surface area contributed by atoms with Crippen LogP contribution in [-0.4, -0.2) is 22.2 Å². The highest BCUT2D eigenvalue weighted by molar-refractivity contribution is 5.74. The van der Waals surface area contributed by atoms with Crippen LogP contribution in [0.5, 0.6) is 0 Å². The van der Waals surface area contributed by atoms with Gasteiger partial charge in [0.15, 0.2) is 0 Å². The van der Waals surface area contributed by atoms with Crippen LogP contribution in [-0.2, 0) is 6.54 Å². The van der Waals surface area contributed by atoms with Gasteiger partial charge in [0.1, 0.15) is 5.82 Å². The van der Waals surface area contributed by atoms with Gasteiger partial charge in [0.2, 0.25) is 0 Å². The molecule has 1 aromatic carbocycles. The van der Waals surface area contributed by atoms with Crippen LogP contribution in [0.15, 0.2) is 24.3 Å². The van der Waals surface area contributed by atoms with Crippen molar-refractivity contribution in [1.82, 2.24) is 15.3 Å². The van der Waals surface area contributed by atoms with E-state index in [2.05, 4.69) is 15.3 Å². The number of nitrogens with zero attached hydrogens (tertiary/aromatic N) is 1. The largest absolute Gasteiger partial charge is 0.393 e. The zero-order valence-corrected chi connectivity index (χ0v) is 11.6. The minimum atomic E-state index is -4.12. The first kappa shape index (κ1) is 14.4. The topological polar surface area (TPSA) is 40.7 Å². The third-order valence-corrected chi connectivity index (χ3v) is 4.16. The normalized spacial score (nSPS) is 23.6. The smallest absolute Gasteiger partial charge is 0.341 e. The molecule has 1 aliphatic carbocycles. The zero-order chi connectivity index (χ0) is 14.9. The summed E-state index contributed by atoms with van der Waals surface area (Å²) in [4.78, 5) is 7.52. The lowest BCUT2D eigenvalue weighted by Gasteiger charge is -2.33. The lowest BCUT2D eigenvalue weighted by Crippen LogP contribution is -2.45. The Balaban J connectivity index is 1.68. The molecule has 21 heavy (non-hydrogen) atoms. The van der Waals surface area contributed by atoms with E-state index < -0.39 is 18.1 Å². The van der Waals surface area contributed by atoms with E-state index in [1.807, 2.05) is 24.3 Å². The lowest BCUT2D eigenvalue weighted by atomic mass is 9.84. The van der Waals surface area contributed by atoms with Crippen molar-refractivity contribution in [2.24, 2.45) is 5.92 Å². The molecule has 3 nitrogen and oxygen atoms in total. The molecular weight excluding hydrogens is 279 g/mol. The van der Waals surface area contributed by atoms with E-state index in [4.69, 9.17) is 0 Å². The molecule has 1 aromatic heterocycles. The average molecular weight is 297 g/mol. The molecule has 2 aromatic rings. The highest BCUT2D eigenvalue weighted by Gasteiger charge is 2.45. The number of aromatic amines is 1. The van der Waals surface area contributed by atoms with Crippen molar-refractivity contribution in [2.75, 3.05) is 0 Å². The molecule has 0 amide bonds. The van der Waals surface area contributed by atoms with Crippen LogP contribution in [0.4, 0.5) is 13.2 Å². The van der Waals surface area contributed by atoms with Crippen LogP contribution in [0.3, 0.4) is 0 Å². The Labute approximate surface area is 121 Å². The van der Waals surface area contributed by atoms with Gasteiger partial charge in [-0.05, 0) is 25.0 Å². The summed E-state index contributed by atoms with van der Waals surface area (Å²) in [5.74, 6) is -0.557. The number of nitrogens with one attached hydrogen (secondary N) is 2. The fourth-order valence-corrected chi connectivity index (χ4v) is 3.08. The molecular formula is C15H18F3N3. The van der Waals surface area contributed by atoms with E-state index in [0.717, 1.165) is 17.5 Å². The van der Waals surface area contributed by atoms with Crippen molar-refractivity contribution in [1.29, 1.82) is 0 Å². The summed E-state index contributed by atoms with van der Waals surface area (Å²) in [5, 5.41) is 3.04. The third kappa shape index (κ3) is 3.20. The number of alkyl halides is 3. The molecule has 3 rings (SSSR count). The third-order valence-electron chi connectivity index (χ3n) is 4.16. The predicted molar refractivity (Wildman–Crippen MR) is 74.7 cm³/mol. The first-order valence-electron chi connectivity index (χ1n) is 7.28. The fraction of sp³-hybridized carbons (Fsp3) is 0.533. The summed E-state index contributed by atoms with van der Waals surface area (Å²) >= 11 is 0. The van der Waals surface area contributed by atoms with Gasteiger partial charge >= 0.3 is 6.18 Å². The number of halogens is 3. The summed E-state index contributed by atoms with van der Waals surface area (Å²) < 4.78 is 39.1. The minimum Gasteiger partial charge on any atom is -0.341 e. The Bertz CT molecular complexity index is 572. The van der Waals surface area contributed by atoms with E-state index in [9.17, 15) is 13.2 Å². The molecule has 1 heterocycles. The second-order valence-corrected chi connectivity index (χ2v) is 5.62. The van der Waals surface area contributed by atoms with Crippen molar-refractivity contribution < 1.29 is 13.2 Å². The summed E-state index contributed by atoms with van der Waals surface area (Å²) in [6.45, 7) is 0.339. The lowest BCUT2D eigenvalue weighted by molar-refractivity contribution is -0.189. The van der Waals surface area contributed by atoms with Crippen LogP contribution in [0.2, 0.25) is 0 Å². The maximum atomic E-state index is 13.0. The molecule has 1 aliphatic rings. The molecule has 2 atom stereocenters. The quantitative estimate of drug-likeness (QED) is 0.905. The Morgan fingerprint density at radius 3 is 2.71 bits per heavy atom. The SMILES string of the molecule is FC(F)(F)C1CCCCC1NCc1nc2ccccc2[nH]1. The Morgan fingerprint density at radius 2 is 1.95 bits per heavy atom. The molecule has 0 radical (unpaired) electrons. The minimum absolute atomic E-state index is 0.224. The number of hydrogen-bond acceptors (Lipinski definition) is 2. The predicted octanol–water partition coefficient (Wildman–Crippen LogP) is 3.77. The number of rotatable bonds is 3. The van der Waals surface area contributed by atoms with Crippen molar-refractivity contribution >= 4 is 11.0 Å². The first-order chi connectivity index (χ1) is 10.0. The van der Waals surface area contributed by atoms with Crippen LogP contribution in [0, 0.1) is 5.92 Å². The molecule has 0 aliphatic heterocycles. The number of hydrogen-bond donors (Lipinski definition) is 2. The number of imidazole rings is 1. The second-order valence-electron chi connectivity index (χ2n) is 5.62. The second kappa shape index (κ2) is 5.67. The van der Waals surface area contributed by atoms with Crippen molar-refractivity contribution in [2.45, 2.75) is 44.4 Å². The Morgan fingerprint density at radius 1 is 1.19 bits per heavy atom. The monoisotopic (exact) mass is 297 g/mol. The Kier molecular flexibility index (Phi) is 3.89. The summed E-state index contributed by atoms with van der Waals surface area (Å²) in [6, 6.07) is 7.08. The van der Waals surface area contributed by atoms with E-state index in [1.54, 1.807) is 0 Å². The van der Waals surface area contributed by atoms with Crippen molar-refractivity contribution in [3.8, 4) is 0 Å². The number of fused-ring (bicyclic) bond motifs is 1. The first-order valence-corrected chi connectivity index (χ1v) is 7.28. The van der Waals surface area contributed by atoms with Gasteiger partial charge in [-0.25, -0.2) is 4.98 Å². The standard InChI is InChI=1S/C15H18F3N3/c16-15(17,18)10-5-1-2-6-11(10)19-9-14-20-12-7-3-4-8-13(12)21-14/h3-4,7-8,10-11,19H,1-2,5-6,9H2,(H,20,21). The van der Waals surface area contributed by atoms with Gasteiger partial charge < -0.3 is 10.3 Å². The van der Waals surface area contributed by atoms with Crippen LogP contribution in [0.25, 0.3) is 11.0 Å². The molecule has 0 saturated heterocycles. The van der Waals surface area contributed by atoms with Gasteiger partial charge in [-0.15, -0.1) is 0 Å². The summed E-state index contributed by atoms with van der Waals surface area (Å²) in [6.07, 6.45) is -1.81. The van der Waals surface area contributed by atoms with E-state index >= 15 is 0 Å². The fourth-order valence-electron chi connectivity index (χ4n) is 3.08. The van der Waals surface area contributed by atoms with Gasteiger partial charge in [-0.2, -0.15) is 13.2 Å². The highest BCUT2D eigenvalue weighted by Crippen LogP contribution is 2.37. The maximum Gasteiger partial charge on any atom is 0.393 e. The van der Waals surface area contributed by atoms with Gasteiger partial charge in [0.05, 0.1) is 23.5 Å². The molecule has 2 unspecified atom stereocenters. The van der Waals surface area contributed by atoms with Crippen molar-refractivity contribution in [3.05, 3.63) is 30.1 Å². The van der Waals surface area contributed by atoms with Gasteiger partial charge in [-0.3, -0.25) is 0 Å². The van der Waals surface area contributed by atoms with Crippen LogP contribution < -0.4 is 5.32 Å². The highest BCUT2D eigenvalue weighted by atomic mass is 19.4. The molecule has 114 valence electrons. The van der Waals surface area contributed by atoms with E-state index in [1.165, 1.54) is 0 Å². The summed E-state index contributed by atoms with van der Waals surface area (Å²) in [5.41, 5.74) is 1.75. The molecule has 6 heteroatoms. The zero-order valence-electron chi connectivity index (χ0n) is 11.6. The Hall–Kier alpha value is -1.56. The summed E-state index contributed by atoms with van der Waals surface area (Å²) in [7, 11) is 0. The molecule has 0 bridgehead atoms. The molecule has 0 spiro atoms. The van der Waals surface area contributed by atoms with Crippen LogP contribution >= 0.6 is 0 Å². The maximum absolute atomic E-state index is 13.0. The van der Waals surface area contributed by atoms with E-state index in [-0.39, 0.29) is 6.42 Å². The molecule has 2 N–H and O–H groups in total. The molecule has 1 fully saturated rings. The molecule has 1 saturated carbocycles. The number of para-hydroxylation sites is 2. The van der Waals surface area contributed by atoms with Gasteiger partial charge in [0.25, 0.3) is 0 Å². The number of aromatic nitrogens is 2. The van der Waals surface area contributed by atoms with Gasteiger partial charge in [0, 0.05) is 6.04 Å².